The van der Waals surface area contributed by atoms with E-state index < -0.39 is 0 Å². The molecular weight excluding hydrogens is 220 g/mol. The topological polar surface area (TPSA) is 55.1 Å². The molecule has 1 aromatic carbocycles. The first-order valence-electron chi connectivity index (χ1n) is 5.46. The third-order valence-electron chi connectivity index (χ3n) is 2.07. The lowest BCUT2D eigenvalue weighted by atomic mass is 10.3. The molecule has 0 aliphatic heterocycles. The van der Waals surface area contributed by atoms with E-state index in [2.05, 4.69) is 17.4 Å². The third-order valence-corrected chi connectivity index (χ3v) is 3.08. The zero-order chi connectivity index (χ0) is 11.6. The maximum atomic E-state index is 10.5. The second-order valence-electron chi connectivity index (χ2n) is 3.48. The summed E-state index contributed by atoms with van der Waals surface area (Å²) in [4.78, 5) is 11.8. The van der Waals surface area contributed by atoms with Crippen molar-refractivity contribution < 1.29 is 4.79 Å². The second kappa shape index (κ2) is 8.19. The Labute approximate surface area is 101 Å². The van der Waals surface area contributed by atoms with E-state index in [0.717, 1.165) is 25.3 Å². The van der Waals surface area contributed by atoms with Gasteiger partial charge < -0.3 is 11.1 Å². The van der Waals surface area contributed by atoms with Crippen molar-refractivity contribution in [3.63, 3.8) is 0 Å². The molecule has 1 aromatic rings. The van der Waals surface area contributed by atoms with Gasteiger partial charge in [0.1, 0.15) is 0 Å². The summed E-state index contributed by atoms with van der Waals surface area (Å²) in [6, 6.07) is 10.3. The van der Waals surface area contributed by atoms with Gasteiger partial charge >= 0.3 is 0 Å². The molecule has 3 N–H and O–H groups in total. The predicted molar refractivity (Wildman–Crippen MR) is 68.5 cm³/mol. The standard InChI is InChI=1S/C12H18N2OS/c13-12(15)7-4-8-14-9-10-16-11-5-2-1-3-6-11/h1-3,5-6,14H,4,7-10H2,(H2,13,15). The van der Waals surface area contributed by atoms with Crippen LogP contribution in [-0.2, 0) is 4.79 Å². The molecule has 16 heavy (non-hydrogen) atoms. The molecule has 0 unspecified atom stereocenters. The molecule has 1 rings (SSSR count). The van der Waals surface area contributed by atoms with Gasteiger partial charge in [0.2, 0.25) is 5.91 Å². The predicted octanol–water partition coefficient (Wildman–Crippen LogP) is 1.63. The van der Waals surface area contributed by atoms with E-state index in [1.807, 2.05) is 30.0 Å². The lowest BCUT2D eigenvalue weighted by Crippen LogP contribution is -2.20. The highest BCUT2D eigenvalue weighted by molar-refractivity contribution is 7.99. The molecule has 0 bridgehead atoms. The average molecular weight is 238 g/mol. The van der Waals surface area contributed by atoms with Crippen LogP contribution in [0.5, 0.6) is 0 Å². The molecule has 0 aromatic heterocycles. The maximum absolute atomic E-state index is 10.5. The SMILES string of the molecule is NC(=O)CCCNCCSc1ccccc1. The van der Waals surface area contributed by atoms with Crippen LogP contribution in [-0.4, -0.2) is 24.7 Å². The van der Waals surface area contributed by atoms with Crippen molar-refractivity contribution in [1.29, 1.82) is 0 Å². The fourth-order valence-corrected chi connectivity index (χ4v) is 2.10. The molecule has 0 heterocycles. The smallest absolute Gasteiger partial charge is 0.217 e. The number of hydrogen-bond donors (Lipinski definition) is 2. The molecule has 4 heteroatoms. The van der Waals surface area contributed by atoms with E-state index in [1.54, 1.807) is 0 Å². The molecule has 0 spiro atoms. The van der Waals surface area contributed by atoms with Crippen LogP contribution in [0.1, 0.15) is 12.8 Å². The summed E-state index contributed by atoms with van der Waals surface area (Å²) in [6.45, 7) is 1.82. The van der Waals surface area contributed by atoms with E-state index in [4.69, 9.17) is 5.73 Å². The van der Waals surface area contributed by atoms with Crippen LogP contribution in [0.25, 0.3) is 0 Å². The van der Waals surface area contributed by atoms with Crippen molar-refractivity contribution in [1.82, 2.24) is 5.32 Å². The molecule has 0 fully saturated rings. The molecule has 3 nitrogen and oxygen atoms in total. The fraction of sp³-hybridized carbons (Fsp3) is 0.417. The lowest BCUT2D eigenvalue weighted by Gasteiger charge is -2.03. The van der Waals surface area contributed by atoms with Gasteiger partial charge in [-0.2, -0.15) is 0 Å². The van der Waals surface area contributed by atoms with Gasteiger partial charge in [-0.1, -0.05) is 18.2 Å². The van der Waals surface area contributed by atoms with Crippen LogP contribution in [0, 0.1) is 0 Å². The van der Waals surface area contributed by atoms with Crippen molar-refractivity contribution in [2.75, 3.05) is 18.8 Å². The number of hydrogen-bond acceptors (Lipinski definition) is 3. The van der Waals surface area contributed by atoms with Gasteiger partial charge in [0.05, 0.1) is 0 Å². The summed E-state index contributed by atoms with van der Waals surface area (Å²) < 4.78 is 0. The Morgan fingerprint density at radius 1 is 1.25 bits per heavy atom. The number of carbonyl (C=O) groups is 1. The van der Waals surface area contributed by atoms with E-state index in [0.29, 0.717) is 6.42 Å². The van der Waals surface area contributed by atoms with E-state index in [9.17, 15) is 4.79 Å². The zero-order valence-corrected chi connectivity index (χ0v) is 10.1. The largest absolute Gasteiger partial charge is 0.370 e. The van der Waals surface area contributed by atoms with Crippen molar-refractivity contribution in [3.8, 4) is 0 Å². The molecule has 0 aliphatic rings. The van der Waals surface area contributed by atoms with Crippen molar-refractivity contribution in [2.24, 2.45) is 5.73 Å². The zero-order valence-electron chi connectivity index (χ0n) is 9.32. The minimum absolute atomic E-state index is 0.222. The fourth-order valence-electron chi connectivity index (χ4n) is 1.27. The van der Waals surface area contributed by atoms with Crippen molar-refractivity contribution in [3.05, 3.63) is 30.3 Å². The normalized spacial score (nSPS) is 10.2. The van der Waals surface area contributed by atoms with Gasteiger partial charge in [-0.15, -0.1) is 11.8 Å². The van der Waals surface area contributed by atoms with E-state index >= 15 is 0 Å². The molecule has 0 saturated heterocycles. The minimum atomic E-state index is -0.222. The Morgan fingerprint density at radius 2 is 2.00 bits per heavy atom. The number of amides is 1. The van der Waals surface area contributed by atoms with Gasteiger partial charge in [-0.25, -0.2) is 0 Å². The molecule has 0 aliphatic carbocycles. The second-order valence-corrected chi connectivity index (χ2v) is 4.65. The van der Waals surface area contributed by atoms with Crippen molar-refractivity contribution >= 4 is 17.7 Å². The molecule has 0 saturated carbocycles. The monoisotopic (exact) mass is 238 g/mol. The molecular formula is C12H18N2OS. The summed E-state index contributed by atoms with van der Waals surface area (Å²) in [6.07, 6.45) is 1.30. The number of rotatable bonds is 8. The van der Waals surface area contributed by atoms with Crippen LogP contribution in [0.2, 0.25) is 0 Å². The summed E-state index contributed by atoms with van der Waals surface area (Å²) in [7, 11) is 0. The van der Waals surface area contributed by atoms with Gasteiger partial charge in [0, 0.05) is 23.6 Å². The first kappa shape index (κ1) is 13.1. The number of primary amides is 1. The Morgan fingerprint density at radius 3 is 2.69 bits per heavy atom. The molecule has 88 valence electrons. The Kier molecular flexibility index (Phi) is 6.69. The van der Waals surface area contributed by atoms with Crippen LogP contribution >= 0.6 is 11.8 Å². The number of benzene rings is 1. The maximum Gasteiger partial charge on any atom is 0.217 e. The van der Waals surface area contributed by atoms with E-state index in [1.165, 1.54) is 4.90 Å². The highest BCUT2D eigenvalue weighted by Crippen LogP contribution is 2.15. The lowest BCUT2D eigenvalue weighted by molar-refractivity contribution is -0.118. The highest BCUT2D eigenvalue weighted by atomic mass is 32.2. The summed E-state index contributed by atoms with van der Waals surface area (Å²) in [5, 5.41) is 3.28. The van der Waals surface area contributed by atoms with Gasteiger partial charge in [0.15, 0.2) is 0 Å². The van der Waals surface area contributed by atoms with Crippen LogP contribution in [0.4, 0.5) is 0 Å². The van der Waals surface area contributed by atoms with Gasteiger partial charge in [-0.3, -0.25) is 4.79 Å². The van der Waals surface area contributed by atoms with Crippen molar-refractivity contribution in [2.45, 2.75) is 17.7 Å². The summed E-state index contributed by atoms with van der Waals surface area (Å²) >= 11 is 1.83. The Hall–Kier alpha value is -1.00. The van der Waals surface area contributed by atoms with Crippen LogP contribution in [0.15, 0.2) is 35.2 Å². The summed E-state index contributed by atoms with van der Waals surface area (Å²) in [5.41, 5.74) is 5.04. The van der Waals surface area contributed by atoms with Gasteiger partial charge in [-0.05, 0) is 25.1 Å². The first-order valence-corrected chi connectivity index (χ1v) is 6.44. The Balaban J connectivity index is 1.94. The highest BCUT2D eigenvalue weighted by Gasteiger charge is 1.94. The van der Waals surface area contributed by atoms with E-state index in [-0.39, 0.29) is 5.91 Å². The third kappa shape index (κ3) is 6.48. The minimum Gasteiger partial charge on any atom is -0.370 e. The summed E-state index contributed by atoms with van der Waals surface area (Å²) in [5.74, 6) is 0.820. The molecule has 0 radical (unpaired) electrons. The molecule has 0 atom stereocenters. The quantitative estimate of drug-likeness (QED) is 0.534. The van der Waals surface area contributed by atoms with Gasteiger partial charge in [0.25, 0.3) is 0 Å². The number of nitrogens with one attached hydrogen (secondary N) is 1. The number of nitrogens with two attached hydrogens (primary N) is 1. The van der Waals surface area contributed by atoms with Crippen LogP contribution < -0.4 is 11.1 Å². The number of carbonyl (C=O) groups excluding carboxylic acids is 1. The van der Waals surface area contributed by atoms with Crippen LogP contribution in [0.3, 0.4) is 0 Å². The Bertz CT molecular complexity index is 303. The average Bonchev–Trinajstić information content (AvgIpc) is 2.29. The first-order chi connectivity index (χ1) is 7.79. The number of thioether (sulfide) groups is 1. The molecule has 1 amide bonds.